The summed E-state index contributed by atoms with van der Waals surface area (Å²) in [4.78, 5) is 0. The van der Waals surface area contributed by atoms with Crippen LogP contribution >= 0.6 is 0 Å². The molecule has 0 aromatic carbocycles. The van der Waals surface area contributed by atoms with Crippen LogP contribution in [0.2, 0.25) is 0 Å². The van der Waals surface area contributed by atoms with Crippen molar-refractivity contribution in [3.8, 4) is 6.07 Å². The third-order valence-electron chi connectivity index (χ3n) is 4.54. The molecule has 0 heterocycles. The fraction of sp³-hybridized carbons (Fsp3) is 0.938. The zero-order valence-corrected chi connectivity index (χ0v) is 12.5. The third-order valence-corrected chi connectivity index (χ3v) is 4.54. The van der Waals surface area contributed by atoms with Crippen molar-refractivity contribution < 1.29 is 4.74 Å². The first-order valence-corrected chi connectivity index (χ1v) is 7.94. The van der Waals surface area contributed by atoms with Gasteiger partial charge in [-0.25, -0.2) is 0 Å². The molecular formula is C16H28N2O. The maximum Gasteiger partial charge on any atom is 0.109 e. The molecule has 0 bridgehead atoms. The van der Waals surface area contributed by atoms with Gasteiger partial charge in [-0.15, -0.1) is 0 Å². The van der Waals surface area contributed by atoms with Crippen molar-refractivity contribution in [1.29, 1.82) is 5.26 Å². The third kappa shape index (κ3) is 4.19. The van der Waals surface area contributed by atoms with E-state index >= 15 is 0 Å². The van der Waals surface area contributed by atoms with E-state index in [0.29, 0.717) is 6.04 Å². The first-order valence-electron chi connectivity index (χ1n) is 7.94. The number of hydrogen-bond donors (Lipinski definition) is 1. The number of rotatable bonds is 5. The smallest absolute Gasteiger partial charge is 0.109 e. The minimum atomic E-state index is -0.342. The van der Waals surface area contributed by atoms with E-state index in [1.54, 1.807) is 0 Å². The highest BCUT2D eigenvalue weighted by atomic mass is 16.5. The number of nitrogens with zero attached hydrogens (tertiary/aromatic N) is 1. The van der Waals surface area contributed by atoms with Crippen molar-refractivity contribution >= 4 is 0 Å². The minimum absolute atomic E-state index is 0.285. The molecule has 3 nitrogen and oxygen atoms in total. The van der Waals surface area contributed by atoms with Gasteiger partial charge in [-0.05, 0) is 45.4 Å². The van der Waals surface area contributed by atoms with Gasteiger partial charge in [-0.1, -0.05) is 19.3 Å². The average Bonchev–Trinajstić information content (AvgIpc) is 2.81. The molecule has 3 heteroatoms. The van der Waals surface area contributed by atoms with Gasteiger partial charge in [0.05, 0.1) is 12.2 Å². The number of nitriles is 1. The lowest BCUT2D eigenvalue weighted by Crippen LogP contribution is -2.46. The average molecular weight is 264 g/mol. The first kappa shape index (κ1) is 14.8. The summed E-state index contributed by atoms with van der Waals surface area (Å²) in [6, 6.07) is 2.84. The van der Waals surface area contributed by atoms with E-state index in [2.05, 4.69) is 25.2 Å². The summed E-state index contributed by atoms with van der Waals surface area (Å²) < 4.78 is 6.09. The molecule has 2 saturated carbocycles. The Morgan fingerprint density at radius 1 is 1.26 bits per heavy atom. The fourth-order valence-corrected chi connectivity index (χ4v) is 3.59. The van der Waals surface area contributed by atoms with Crippen molar-refractivity contribution in [2.75, 3.05) is 6.61 Å². The fourth-order valence-electron chi connectivity index (χ4n) is 3.59. The molecule has 0 amide bonds. The molecule has 2 aliphatic carbocycles. The van der Waals surface area contributed by atoms with Gasteiger partial charge < -0.3 is 4.74 Å². The second kappa shape index (κ2) is 6.72. The molecule has 108 valence electrons. The summed E-state index contributed by atoms with van der Waals surface area (Å²) in [5, 5.41) is 12.9. The molecule has 2 unspecified atom stereocenters. The first-order chi connectivity index (χ1) is 9.13. The van der Waals surface area contributed by atoms with Gasteiger partial charge in [0.2, 0.25) is 0 Å². The quantitative estimate of drug-likeness (QED) is 0.827. The van der Waals surface area contributed by atoms with E-state index in [9.17, 15) is 5.26 Å². The summed E-state index contributed by atoms with van der Waals surface area (Å²) in [7, 11) is 0. The number of ether oxygens (including phenoxy) is 1. The second-order valence-electron chi connectivity index (χ2n) is 6.70. The normalized spacial score (nSPS) is 32.6. The zero-order valence-electron chi connectivity index (χ0n) is 12.5. The molecule has 19 heavy (non-hydrogen) atoms. The van der Waals surface area contributed by atoms with Gasteiger partial charge in [-0.3, -0.25) is 5.32 Å². The topological polar surface area (TPSA) is 45.0 Å². The summed E-state index contributed by atoms with van der Waals surface area (Å²) in [6.45, 7) is 5.12. The summed E-state index contributed by atoms with van der Waals surface area (Å²) in [5.41, 5.74) is -0.342. The molecule has 0 saturated heterocycles. The van der Waals surface area contributed by atoms with Crippen LogP contribution in [-0.4, -0.2) is 24.3 Å². The van der Waals surface area contributed by atoms with Crippen molar-refractivity contribution in [1.82, 2.24) is 5.32 Å². The van der Waals surface area contributed by atoms with Gasteiger partial charge in [0.15, 0.2) is 0 Å². The molecule has 2 aliphatic rings. The highest BCUT2D eigenvalue weighted by molar-refractivity contribution is 5.12. The Morgan fingerprint density at radius 3 is 2.63 bits per heavy atom. The van der Waals surface area contributed by atoms with Crippen LogP contribution in [0.4, 0.5) is 0 Å². The SMILES string of the molecule is CC(C)NC1(C#N)CCC(OCC2CCCCC2)C1. The lowest BCUT2D eigenvalue weighted by atomic mass is 9.90. The standard InChI is InChI=1S/C16H28N2O/c1-13(2)18-16(12-17)9-8-15(10-16)19-11-14-6-4-3-5-7-14/h13-15,18H,3-11H2,1-2H3. The lowest BCUT2D eigenvalue weighted by Gasteiger charge is -2.26. The molecule has 2 fully saturated rings. The Hall–Kier alpha value is -0.590. The summed E-state index contributed by atoms with van der Waals surface area (Å²) >= 11 is 0. The zero-order chi connectivity index (χ0) is 13.7. The van der Waals surface area contributed by atoms with Gasteiger partial charge in [0.1, 0.15) is 5.54 Å². The maximum atomic E-state index is 9.43. The van der Waals surface area contributed by atoms with Crippen LogP contribution in [0.25, 0.3) is 0 Å². The number of nitrogens with one attached hydrogen (secondary N) is 1. The van der Waals surface area contributed by atoms with Gasteiger partial charge >= 0.3 is 0 Å². The second-order valence-corrected chi connectivity index (χ2v) is 6.70. The maximum absolute atomic E-state index is 9.43. The van der Waals surface area contributed by atoms with Gasteiger partial charge in [0, 0.05) is 19.1 Å². The van der Waals surface area contributed by atoms with E-state index in [0.717, 1.165) is 31.8 Å². The summed E-state index contributed by atoms with van der Waals surface area (Å²) in [6.07, 6.45) is 9.90. The monoisotopic (exact) mass is 264 g/mol. The van der Waals surface area contributed by atoms with Crippen LogP contribution in [-0.2, 0) is 4.74 Å². The Balaban J connectivity index is 1.76. The van der Waals surface area contributed by atoms with Crippen LogP contribution in [0.5, 0.6) is 0 Å². The highest BCUT2D eigenvalue weighted by Crippen LogP contribution is 2.33. The predicted octanol–water partition coefficient (Wildman–Crippen LogP) is 3.40. The van der Waals surface area contributed by atoms with E-state index in [1.165, 1.54) is 32.1 Å². The van der Waals surface area contributed by atoms with Crippen molar-refractivity contribution in [2.45, 2.75) is 82.9 Å². The molecule has 0 aromatic heterocycles. The molecule has 0 aromatic rings. The van der Waals surface area contributed by atoms with Crippen molar-refractivity contribution in [2.24, 2.45) is 5.92 Å². The molecule has 0 spiro atoms. The van der Waals surface area contributed by atoms with Crippen LogP contribution < -0.4 is 5.32 Å². The summed E-state index contributed by atoms with van der Waals surface area (Å²) in [5.74, 6) is 0.767. The van der Waals surface area contributed by atoms with E-state index in [4.69, 9.17) is 4.74 Å². The molecule has 1 N–H and O–H groups in total. The Kier molecular flexibility index (Phi) is 5.24. The van der Waals surface area contributed by atoms with Gasteiger partial charge in [0.25, 0.3) is 0 Å². The number of hydrogen-bond acceptors (Lipinski definition) is 3. The van der Waals surface area contributed by atoms with Crippen LogP contribution in [0, 0.1) is 17.2 Å². The van der Waals surface area contributed by atoms with E-state index in [1.807, 2.05) is 0 Å². The minimum Gasteiger partial charge on any atom is -0.378 e. The lowest BCUT2D eigenvalue weighted by molar-refractivity contribution is 0.0220. The van der Waals surface area contributed by atoms with Gasteiger partial charge in [-0.2, -0.15) is 5.26 Å². The largest absolute Gasteiger partial charge is 0.378 e. The molecule has 0 radical (unpaired) electrons. The highest BCUT2D eigenvalue weighted by Gasteiger charge is 2.40. The molecule has 2 rings (SSSR count). The Bertz CT molecular complexity index is 317. The van der Waals surface area contributed by atoms with Crippen molar-refractivity contribution in [3.63, 3.8) is 0 Å². The van der Waals surface area contributed by atoms with Crippen molar-refractivity contribution in [3.05, 3.63) is 0 Å². The predicted molar refractivity (Wildman–Crippen MR) is 76.8 cm³/mol. The molecular weight excluding hydrogens is 236 g/mol. The van der Waals surface area contributed by atoms with Crippen LogP contribution in [0.1, 0.15) is 65.2 Å². The molecule has 0 aliphatic heterocycles. The van der Waals surface area contributed by atoms with Crippen LogP contribution in [0.3, 0.4) is 0 Å². The van der Waals surface area contributed by atoms with E-state index in [-0.39, 0.29) is 11.6 Å². The van der Waals surface area contributed by atoms with E-state index < -0.39 is 0 Å². The van der Waals surface area contributed by atoms with Crippen LogP contribution in [0.15, 0.2) is 0 Å². The Morgan fingerprint density at radius 2 is 2.00 bits per heavy atom. The molecule has 2 atom stereocenters. The Labute approximate surface area is 117 Å².